The Bertz CT molecular complexity index is 296. The third kappa shape index (κ3) is 6.29. The first-order chi connectivity index (χ1) is 8.22. The molecule has 1 aromatic rings. The lowest BCUT2D eigenvalue weighted by atomic mass is 10.2. The van der Waals surface area contributed by atoms with Crippen LogP contribution in [0.5, 0.6) is 5.75 Å². The molecule has 0 aromatic heterocycles. The van der Waals surface area contributed by atoms with Crippen molar-refractivity contribution in [3.8, 4) is 5.75 Å². The normalized spacial score (nSPS) is 10.8. The van der Waals surface area contributed by atoms with Crippen LogP contribution in [0.4, 0.5) is 0 Å². The summed E-state index contributed by atoms with van der Waals surface area (Å²) >= 11 is 0. The van der Waals surface area contributed by atoms with Crippen molar-refractivity contribution in [3.05, 3.63) is 29.8 Å². The Balaban J connectivity index is 2.09. The highest BCUT2D eigenvalue weighted by Gasteiger charge is 1.95. The molecule has 0 atom stereocenters. The number of nitrogens with one attached hydrogen (secondary N) is 1. The molecule has 0 heterocycles. The van der Waals surface area contributed by atoms with Crippen LogP contribution < -0.4 is 10.1 Å². The molecule has 0 saturated heterocycles. The second kappa shape index (κ2) is 8.09. The largest absolute Gasteiger partial charge is 0.497 e. The number of rotatable bonds is 8. The van der Waals surface area contributed by atoms with Gasteiger partial charge in [0.1, 0.15) is 5.75 Å². The number of benzene rings is 1. The van der Waals surface area contributed by atoms with Gasteiger partial charge in [0.25, 0.3) is 0 Å². The van der Waals surface area contributed by atoms with Crippen molar-refractivity contribution in [1.29, 1.82) is 0 Å². The van der Waals surface area contributed by atoms with Crippen molar-refractivity contribution >= 4 is 0 Å². The van der Waals surface area contributed by atoms with E-state index in [0.717, 1.165) is 31.9 Å². The fourth-order valence-corrected chi connectivity index (χ4v) is 1.49. The van der Waals surface area contributed by atoms with E-state index in [-0.39, 0.29) is 0 Å². The fraction of sp³-hybridized carbons (Fsp3) is 0.571. The Labute approximate surface area is 104 Å². The van der Waals surface area contributed by atoms with Crippen molar-refractivity contribution in [2.24, 2.45) is 0 Å². The fourth-order valence-electron chi connectivity index (χ4n) is 1.49. The van der Waals surface area contributed by atoms with Gasteiger partial charge in [-0.2, -0.15) is 0 Å². The molecule has 0 fully saturated rings. The van der Waals surface area contributed by atoms with E-state index in [4.69, 9.17) is 9.47 Å². The van der Waals surface area contributed by atoms with Crippen molar-refractivity contribution in [3.63, 3.8) is 0 Å². The summed E-state index contributed by atoms with van der Waals surface area (Å²) in [4.78, 5) is 0. The smallest absolute Gasteiger partial charge is 0.118 e. The van der Waals surface area contributed by atoms with Crippen LogP contribution in [-0.4, -0.2) is 26.4 Å². The summed E-state index contributed by atoms with van der Waals surface area (Å²) in [5.41, 5.74) is 1.27. The third-order valence-corrected chi connectivity index (χ3v) is 2.44. The molecule has 0 aliphatic carbocycles. The number of hydrogen-bond donors (Lipinski definition) is 1. The SMILES string of the molecule is COc1ccc(CNCCCOC(C)C)cc1. The van der Waals surface area contributed by atoms with E-state index < -0.39 is 0 Å². The second-order valence-corrected chi connectivity index (χ2v) is 4.30. The molecule has 0 aliphatic heterocycles. The van der Waals surface area contributed by atoms with Gasteiger partial charge in [0.2, 0.25) is 0 Å². The van der Waals surface area contributed by atoms with Crippen LogP contribution >= 0.6 is 0 Å². The molecule has 3 nitrogen and oxygen atoms in total. The van der Waals surface area contributed by atoms with Gasteiger partial charge in [0.15, 0.2) is 0 Å². The zero-order valence-corrected chi connectivity index (χ0v) is 11.0. The predicted octanol–water partition coefficient (Wildman–Crippen LogP) is 2.60. The van der Waals surface area contributed by atoms with E-state index in [1.165, 1.54) is 5.56 Å². The Morgan fingerprint density at radius 2 is 1.88 bits per heavy atom. The molecule has 0 unspecified atom stereocenters. The van der Waals surface area contributed by atoms with Crippen LogP contribution in [0.1, 0.15) is 25.8 Å². The molecule has 1 rings (SSSR count). The minimum Gasteiger partial charge on any atom is -0.497 e. The zero-order valence-electron chi connectivity index (χ0n) is 11.0. The highest BCUT2D eigenvalue weighted by Crippen LogP contribution is 2.10. The summed E-state index contributed by atoms with van der Waals surface area (Å²) in [6.45, 7) is 6.83. The summed E-state index contributed by atoms with van der Waals surface area (Å²) in [7, 11) is 1.68. The monoisotopic (exact) mass is 237 g/mol. The molecule has 0 bridgehead atoms. The molecule has 0 radical (unpaired) electrons. The number of ether oxygens (including phenoxy) is 2. The maximum Gasteiger partial charge on any atom is 0.118 e. The average Bonchev–Trinajstić information content (AvgIpc) is 2.34. The highest BCUT2D eigenvalue weighted by atomic mass is 16.5. The van der Waals surface area contributed by atoms with Gasteiger partial charge in [0.05, 0.1) is 13.2 Å². The van der Waals surface area contributed by atoms with Gasteiger partial charge in [0, 0.05) is 13.2 Å². The summed E-state index contributed by atoms with van der Waals surface area (Å²) in [5.74, 6) is 0.902. The second-order valence-electron chi connectivity index (χ2n) is 4.30. The maximum atomic E-state index is 5.47. The molecular formula is C14H23NO2. The zero-order chi connectivity index (χ0) is 12.5. The lowest BCUT2D eigenvalue weighted by molar-refractivity contribution is 0.0770. The Hall–Kier alpha value is -1.06. The van der Waals surface area contributed by atoms with E-state index in [1.807, 2.05) is 12.1 Å². The minimum absolute atomic E-state index is 0.330. The van der Waals surface area contributed by atoms with Gasteiger partial charge in [-0.1, -0.05) is 12.1 Å². The molecule has 0 saturated carbocycles. The molecule has 0 aliphatic rings. The van der Waals surface area contributed by atoms with Gasteiger partial charge in [-0.05, 0) is 44.5 Å². The van der Waals surface area contributed by atoms with Crippen LogP contribution in [0.15, 0.2) is 24.3 Å². The summed E-state index contributed by atoms with van der Waals surface area (Å²) in [5, 5.41) is 3.39. The summed E-state index contributed by atoms with van der Waals surface area (Å²) in [6.07, 6.45) is 1.38. The van der Waals surface area contributed by atoms with Gasteiger partial charge in [-0.25, -0.2) is 0 Å². The summed E-state index contributed by atoms with van der Waals surface area (Å²) in [6, 6.07) is 8.13. The first kappa shape index (κ1) is 14.0. The standard InChI is InChI=1S/C14H23NO2/c1-12(2)17-10-4-9-15-11-13-5-7-14(16-3)8-6-13/h5-8,12,15H,4,9-11H2,1-3H3. The lowest BCUT2D eigenvalue weighted by Gasteiger charge is -2.08. The Morgan fingerprint density at radius 3 is 2.47 bits per heavy atom. The lowest BCUT2D eigenvalue weighted by Crippen LogP contribution is -2.17. The number of methoxy groups -OCH3 is 1. The Kier molecular flexibility index (Phi) is 6.67. The van der Waals surface area contributed by atoms with Gasteiger partial charge in [-0.15, -0.1) is 0 Å². The predicted molar refractivity (Wildman–Crippen MR) is 70.4 cm³/mol. The molecule has 0 amide bonds. The van der Waals surface area contributed by atoms with Crippen LogP contribution in [-0.2, 0) is 11.3 Å². The Morgan fingerprint density at radius 1 is 1.18 bits per heavy atom. The van der Waals surface area contributed by atoms with Crippen molar-refractivity contribution in [1.82, 2.24) is 5.32 Å². The highest BCUT2D eigenvalue weighted by molar-refractivity contribution is 5.26. The van der Waals surface area contributed by atoms with E-state index in [2.05, 4.69) is 31.3 Å². The van der Waals surface area contributed by atoms with Crippen LogP contribution in [0.3, 0.4) is 0 Å². The van der Waals surface area contributed by atoms with Crippen molar-refractivity contribution in [2.45, 2.75) is 32.9 Å². The van der Waals surface area contributed by atoms with Crippen LogP contribution in [0, 0.1) is 0 Å². The summed E-state index contributed by atoms with van der Waals surface area (Å²) < 4.78 is 10.6. The molecule has 3 heteroatoms. The first-order valence-corrected chi connectivity index (χ1v) is 6.17. The average molecular weight is 237 g/mol. The molecular weight excluding hydrogens is 214 g/mol. The quantitative estimate of drug-likeness (QED) is 0.705. The van der Waals surface area contributed by atoms with Crippen molar-refractivity contribution in [2.75, 3.05) is 20.3 Å². The molecule has 0 spiro atoms. The van der Waals surface area contributed by atoms with Gasteiger partial charge < -0.3 is 14.8 Å². The van der Waals surface area contributed by atoms with Crippen LogP contribution in [0.2, 0.25) is 0 Å². The number of hydrogen-bond acceptors (Lipinski definition) is 3. The van der Waals surface area contributed by atoms with E-state index in [9.17, 15) is 0 Å². The van der Waals surface area contributed by atoms with Crippen LogP contribution in [0.25, 0.3) is 0 Å². The van der Waals surface area contributed by atoms with Gasteiger partial charge in [-0.3, -0.25) is 0 Å². The molecule has 96 valence electrons. The van der Waals surface area contributed by atoms with E-state index in [0.29, 0.717) is 6.10 Å². The van der Waals surface area contributed by atoms with Gasteiger partial charge >= 0.3 is 0 Å². The molecule has 1 aromatic carbocycles. The topological polar surface area (TPSA) is 30.5 Å². The van der Waals surface area contributed by atoms with E-state index in [1.54, 1.807) is 7.11 Å². The molecule has 1 N–H and O–H groups in total. The minimum atomic E-state index is 0.330. The molecule has 17 heavy (non-hydrogen) atoms. The van der Waals surface area contributed by atoms with Crippen molar-refractivity contribution < 1.29 is 9.47 Å². The first-order valence-electron chi connectivity index (χ1n) is 6.17. The van der Waals surface area contributed by atoms with E-state index >= 15 is 0 Å². The third-order valence-electron chi connectivity index (χ3n) is 2.44. The maximum absolute atomic E-state index is 5.47.